The molecule has 0 saturated carbocycles. The van der Waals surface area contributed by atoms with Crippen molar-refractivity contribution in [1.82, 2.24) is 30.4 Å². The van der Waals surface area contributed by atoms with Crippen LogP contribution in [-0.4, -0.2) is 94.8 Å². The summed E-state index contributed by atoms with van der Waals surface area (Å²) in [5.74, 6) is 0.531. The highest BCUT2D eigenvalue weighted by Crippen LogP contribution is 2.42. The molecule has 4 amide bonds. The number of imidazole rings is 1. The summed E-state index contributed by atoms with van der Waals surface area (Å²) in [6, 6.07) is 27.4. The lowest BCUT2D eigenvalue weighted by Gasteiger charge is -2.35. The molecule has 0 spiro atoms. The summed E-state index contributed by atoms with van der Waals surface area (Å²) in [5, 5.41) is 8.07. The maximum Gasteiger partial charge on any atom is 0.407 e. The Bertz CT molecular complexity index is 2740. The lowest BCUT2D eigenvalue weighted by atomic mass is 9.85. The first-order valence-electron chi connectivity index (χ1n) is 23.7. The number of ether oxygens (including phenoxy) is 2. The second-order valence-corrected chi connectivity index (χ2v) is 18.2. The van der Waals surface area contributed by atoms with Crippen molar-refractivity contribution < 1.29 is 28.7 Å². The molecule has 0 unspecified atom stereocenters. The number of rotatable bonds is 11. The van der Waals surface area contributed by atoms with E-state index in [1.165, 1.54) is 29.4 Å². The first-order valence-corrected chi connectivity index (χ1v) is 23.7. The van der Waals surface area contributed by atoms with Crippen LogP contribution in [0.4, 0.5) is 4.79 Å². The van der Waals surface area contributed by atoms with Crippen LogP contribution >= 0.6 is 0 Å². The molecule has 13 nitrogen and oxygen atoms in total. The molecule has 13 heteroatoms. The number of carbonyl (C=O) groups excluding carboxylic acids is 4. The molecule has 0 radical (unpaired) electrons. The number of nitrogens with one attached hydrogen (secondary N) is 3. The summed E-state index contributed by atoms with van der Waals surface area (Å²) < 4.78 is 10.5. The molecule has 4 aliphatic heterocycles. The van der Waals surface area contributed by atoms with E-state index in [1.807, 2.05) is 53.3 Å². The van der Waals surface area contributed by atoms with Gasteiger partial charge < -0.3 is 34.9 Å². The number of aromatic amines is 1. The summed E-state index contributed by atoms with van der Waals surface area (Å²) in [4.78, 5) is 70.5. The van der Waals surface area contributed by atoms with Gasteiger partial charge in [-0.05, 0) is 114 Å². The monoisotopic (exact) mass is 887 g/mol. The summed E-state index contributed by atoms with van der Waals surface area (Å²) in [6.45, 7) is 4.31. The van der Waals surface area contributed by atoms with E-state index in [0.717, 1.165) is 103 Å². The Labute approximate surface area is 385 Å². The average molecular weight is 888 g/mol. The number of H-pyrrole nitrogens is 1. The number of aromatic nitrogens is 2. The topological polar surface area (TPSA) is 158 Å². The minimum Gasteiger partial charge on any atom is -0.453 e. The molecule has 5 heterocycles. The number of amides is 4. The molecule has 3 N–H and O–H groups in total. The normalized spacial score (nSPS) is 20.4. The summed E-state index contributed by atoms with van der Waals surface area (Å²) in [7, 11) is 1.29. The quantitative estimate of drug-likeness (QED) is 0.120. The van der Waals surface area contributed by atoms with Crippen LogP contribution in [-0.2, 0) is 30.3 Å². The molecule has 3 fully saturated rings. The van der Waals surface area contributed by atoms with Gasteiger partial charge in [-0.1, -0.05) is 79.7 Å². The van der Waals surface area contributed by atoms with Gasteiger partial charge in [-0.2, -0.15) is 0 Å². The lowest BCUT2D eigenvalue weighted by Crippen LogP contribution is -2.55. The number of fused-ring (bicyclic) bond motifs is 3. The third-order valence-corrected chi connectivity index (χ3v) is 14.4. The lowest BCUT2D eigenvalue weighted by molar-refractivity contribution is -0.139. The highest BCUT2D eigenvalue weighted by molar-refractivity contribution is 6.05. The fraction of sp³-hybridized carbons (Fsp3) is 0.396. The molecule has 5 aromatic rings. The molecule has 340 valence electrons. The van der Waals surface area contributed by atoms with Crippen molar-refractivity contribution in [2.24, 2.45) is 10.9 Å². The second kappa shape index (κ2) is 18.7. The number of alkyl carbamates (subject to hydrolysis) is 1. The Kier molecular flexibility index (Phi) is 12.3. The number of hydrogen-bond donors (Lipinski definition) is 3. The minimum absolute atomic E-state index is 0.0255. The third kappa shape index (κ3) is 8.52. The Morgan fingerprint density at radius 3 is 2.26 bits per heavy atom. The maximum absolute atomic E-state index is 14.2. The van der Waals surface area contributed by atoms with Crippen LogP contribution in [0, 0.1) is 5.92 Å². The number of methoxy groups -OCH3 is 1. The van der Waals surface area contributed by atoms with E-state index in [2.05, 4.69) is 70.2 Å². The van der Waals surface area contributed by atoms with Crippen LogP contribution in [0.2, 0.25) is 0 Å². The van der Waals surface area contributed by atoms with Crippen molar-refractivity contribution in [1.29, 1.82) is 0 Å². The van der Waals surface area contributed by atoms with Crippen LogP contribution in [0.3, 0.4) is 0 Å². The largest absolute Gasteiger partial charge is 0.453 e. The number of hydrogen-bond acceptors (Lipinski definition) is 8. The van der Waals surface area contributed by atoms with Crippen molar-refractivity contribution in [3.63, 3.8) is 0 Å². The number of allylic oxidation sites excluding steroid dienone is 2. The zero-order chi connectivity index (χ0) is 45.3. The van der Waals surface area contributed by atoms with Gasteiger partial charge in [0, 0.05) is 56.1 Å². The molecule has 1 aliphatic carbocycles. The highest BCUT2D eigenvalue weighted by atomic mass is 16.5. The Morgan fingerprint density at radius 2 is 1.50 bits per heavy atom. The SMILES string of the molecule is CCC(=O)N[C@H](C(=O)N1CCC[C@H]1C1=NC2=C(C1)c1ccc(-c3ccc4cc(-c5cnc([C@@H]6CCCN6C(=O)[C@H](NC(=O)OC)c6ccccc6)[nH]5)ccc4c3)cc1CC2)C1CCOCC1. The molecular weight excluding hydrogens is 831 g/mol. The van der Waals surface area contributed by atoms with Gasteiger partial charge >= 0.3 is 6.09 Å². The molecule has 5 aliphatic rings. The van der Waals surface area contributed by atoms with E-state index < -0.39 is 18.2 Å². The van der Waals surface area contributed by atoms with Gasteiger partial charge in [-0.25, -0.2) is 9.78 Å². The van der Waals surface area contributed by atoms with E-state index in [4.69, 9.17) is 19.5 Å². The molecular formula is C53H57N7O6. The Balaban J connectivity index is 0.819. The van der Waals surface area contributed by atoms with Gasteiger partial charge in [-0.3, -0.25) is 19.4 Å². The third-order valence-electron chi connectivity index (χ3n) is 14.4. The van der Waals surface area contributed by atoms with Crippen molar-refractivity contribution in [2.75, 3.05) is 33.4 Å². The summed E-state index contributed by atoms with van der Waals surface area (Å²) >= 11 is 0. The van der Waals surface area contributed by atoms with Gasteiger partial charge in [0.1, 0.15) is 17.9 Å². The highest BCUT2D eigenvalue weighted by Gasteiger charge is 2.42. The van der Waals surface area contributed by atoms with Gasteiger partial charge in [0.2, 0.25) is 11.8 Å². The smallest absolute Gasteiger partial charge is 0.407 e. The number of carbonyl (C=O) groups is 4. The first kappa shape index (κ1) is 43.3. The number of nitrogens with zero attached hydrogens (tertiary/aromatic N) is 4. The van der Waals surface area contributed by atoms with Gasteiger partial charge in [0.25, 0.3) is 5.91 Å². The van der Waals surface area contributed by atoms with Crippen molar-refractivity contribution in [3.8, 4) is 22.4 Å². The van der Waals surface area contributed by atoms with E-state index in [-0.39, 0.29) is 35.7 Å². The molecule has 66 heavy (non-hydrogen) atoms. The molecule has 10 rings (SSSR count). The van der Waals surface area contributed by atoms with E-state index in [1.54, 1.807) is 0 Å². The van der Waals surface area contributed by atoms with Gasteiger partial charge in [-0.15, -0.1) is 0 Å². The maximum atomic E-state index is 14.2. The van der Waals surface area contributed by atoms with E-state index in [9.17, 15) is 19.2 Å². The van der Waals surface area contributed by atoms with Crippen molar-refractivity contribution in [3.05, 3.63) is 119 Å². The van der Waals surface area contributed by atoms with Crippen molar-refractivity contribution >= 4 is 45.9 Å². The molecule has 4 atom stereocenters. The number of likely N-dealkylation sites (tertiary alicyclic amines) is 2. The van der Waals surface area contributed by atoms with E-state index in [0.29, 0.717) is 38.3 Å². The van der Waals surface area contributed by atoms with Crippen LogP contribution in [0.15, 0.2) is 102 Å². The number of aryl methyl sites for hydroxylation is 1. The predicted molar refractivity (Wildman–Crippen MR) is 253 cm³/mol. The average Bonchev–Trinajstić information content (AvgIpc) is 4.21. The summed E-state index contributed by atoms with van der Waals surface area (Å²) in [6.07, 6.45) is 9.00. The molecule has 1 aromatic heterocycles. The molecule has 3 saturated heterocycles. The van der Waals surface area contributed by atoms with Crippen LogP contribution in [0.25, 0.3) is 38.7 Å². The fourth-order valence-electron chi connectivity index (χ4n) is 10.8. The zero-order valence-electron chi connectivity index (χ0n) is 37.7. The summed E-state index contributed by atoms with van der Waals surface area (Å²) in [5.41, 5.74) is 11.0. The number of benzene rings is 4. The van der Waals surface area contributed by atoms with Crippen LogP contribution in [0.1, 0.15) is 99.3 Å². The standard InChI is InChI=1S/C53H57N7O6/c1-3-47(61)57-48(33-21-25-66-26-22-33)51(62)59-23-7-11-45(59)43-30-41-40-19-17-37(28-38(40)18-20-42(41)55-43)34-13-14-36-29-39(16-15-35(36)27-34)44-31-54-50(56-44)46-12-8-24-60(46)52(63)49(58-53(64)65-2)32-9-5-4-6-10-32/h4-6,9-10,13-17,19,27-29,31,33,45-46,48-49H,3,7-8,11-12,18,20-26,30H2,1-2H3,(H,54,56)(H,57,61)(H,58,64)/t45-,46-,48-,49+/m0/s1. The predicted octanol–water partition coefficient (Wildman–Crippen LogP) is 8.47. The Morgan fingerprint density at radius 1 is 0.803 bits per heavy atom. The Hall–Kier alpha value is -6.60. The van der Waals surface area contributed by atoms with Gasteiger partial charge in [0.05, 0.1) is 31.1 Å². The number of aliphatic imine (C=N–C) groups is 1. The minimum atomic E-state index is -0.876. The zero-order valence-corrected chi connectivity index (χ0v) is 37.7. The van der Waals surface area contributed by atoms with E-state index >= 15 is 0 Å². The van der Waals surface area contributed by atoms with Crippen LogP contribution in [0.5, 0.6) is 0 Å². The van der Waals surface area contributed by atoms with Gasteiger partial charge in [0.15, 0.2) is 0 Å². The first-order chi connectivity index (χ1) is 32.3. The van der Waals surface area contributed by atoms with Crippen LogP contribution < -0.4 is 10.6 Å². The van der Waals surface area contributed by atoms with Crippen molar-refractivity contribution in [2.45, 2.75) is 95.3 Å². The fourth-order valence-corrected chi connectivity index (χ4v) is 10.8. The second-order valence-electron chi connectivity index (χ2n) is 18.2. The molecule has 4 aromatic carbocycles. The molecule has 0 bridgehead atoms.